The average molecular weight is 206 g/mol. The Morgan fingerprint density at radius 3 is 2.36 bits per heavy atom. The zero-order valence-corrected chi connectivity index (χ0v) is 7.95. The predicted octanol–water partition coefficient (Wildman–Crippen LogP) is -1.40. The van der Waals surface area contributed by atoms with E-state index in [0.717, 1.165) is 0 Å². The number of hydrogen-bond donors (Lipinski definition) is 3. The monoisotopic (exact) mass is 206 g/mol. The highest BCUT2D eigenvalue weighted by Gasteiger charge is 2.46. The summed E-state index contributed by atoms with van der Waals surface area (Å²) in [6.45, 7) is 1.50. The molecule has 1 heterocycles. The van der Waals surface area contributed by atoms with Crippen LogP contribution in [0.3, 0.4) is 0 Å². The van der Waals surface area contributed by atoms with Crippen molar-refractivity contribution < 1.29 is 29.6 Å². The topological polar surface area (TPSA) is 96.2 Å². The van der Waals surface area contributed by atoms with E-state index >= 15 is 0 Å². The normalized spacial score (nSPS) is 43.6. The number of aliphatic hydroxyl groups is 2. The molecule has 14 heavy (non-hydrogen) atoms. The first-order valence-electron chi connectivity index (χ1n) is 4.26. The zero-order valence-electron chi connectivity index (χ0n) is 7.95. The first kappa shape index (κ1) is 11.4. The van der Waals surface area contributed by atoms with Crippen molar-refractivity contribution in [2.45, 2.75) is 37.4 Å². The Hall–Kier alpha value is -0.690. The van der Waals surface area contributed by atoms with E-state index in [4.69, 9.17) is 14.6 Å². The molecule has 6 nitrogen and oxygen atoms in total. The van der Waals surface area contributed by atoms with Gasteiger partial charge in [-0.25, -0.2) is 4.79 Å². The molecule has 1 aliphatic heterocycles. The van der Waals surface area contributed by atoms with Crippen molar-refractivity contribution in [1.82, 2.24) is 0 Å². The first-order valence-corrected chi connectivity index (χ1v) is 4.26. The van der Waals surface area contributed by atoms with Gasteiger partial charge in [0.1, 0.15) is 18.3 Å². The number of hydrogen-bond acceptors (Lipinski definition) is 5. The minimum atomic E-state index is -1.25. The van der Waals surface area contributed by atoms with Crippen molar-refractivity contribution >= 4 is 5.97 Å². The fourth-order valence-corrected chi connectivity index (χ4v) is 1.50. The lowest BCUT2D eigenvalue weighted by molar-refractivity contribution is -0.229. The Labute approximate surface area is 81.1 Å². The second-order valence-electron chi connectivity index (χ2n) is 3.28. The van der Waals surface area contributed by atoms with Crippen LogP contribution in [-0.2, 0) is 14.3 Å². The standard InChI is InChI=1S/C8H14O6/c1-3-4(9)5(10)6(13-2)7(14-3)8(11)12/h3-7,9-10H,1-2H3,(H,11,12)/t3-,4?,5?,6?,7?/m1/s1. The molecule has 0 aromatic carbocycles. The molecule has 5 atom stereocenters. The van der Waals surface area contributed by atoms with E-state index in [1.165, 1.54) is 14.0 Å². The lowest BCUT2D eigenvalue weighted by atomic mass is 9.95. The van der Waals surface area contributed by atoms with Crippen molar-refractivity contribution in [2.75, 3.05) is 7.11 Å². The summed E-state index contributed by atoms with van der Waals surface area (Å²) in [7, 11) is 1.26. The maximum absolute atomic E-state index is 10.7. The highest BCUT2D eigenvalue weighted by atomic mass is 16.6. The lowest BCUT2D eigenvalue weighted by Gasteiger charge is -2.39. The highest BCUT2D eigenvalue weighted by Crippen LogP contribution is 2.22. The molecule has 6 heteroatoms. The molecule has 1 aliphatic rings. The quantitative estimate of drug-likeness (QED) is 0.514. The molecule has 0 aliphatic carbocycles. The molecule has 0 spiro atoms. The van der Waals surface area contributed by atoms with Crippen LogP contribution < -0.4 is 0 Å². The third kappa shape index (κ3) is 1.88. The summed E-state index contributed by atoms with van der Waals surface area (Å²) in [6.07, 6.45) is -5.38. The molecule has 0 radical (unpaired) electrons. The second kappa shape index (κ2) is 4.22. The SMILES string of the molecule is COC1C(C(=O)O)O[C@H](C)C(O)C1O. The smallest absolute Gasteiger partial charge is 0.335 e. The van der Waals surface area contributed by atoms with Gasteiger partial charge >= 0.3 is 5.97 Å². The first-order chi connectivity index (χ1) is 6.49. The van der Waals surface area contributed by atoms with Crippen LogP contribution in [0.25, 0.3) is 0 Å². The molecule has 0 aromatic heterocycles. The van der Waals surface area contributed by atoms with Gasteiger partial charge < -0.3 is 24.8 Å². The van der Waals surface area contributed by atoms with E-state index in [-0.39, 0.29) is 0 Å². The predicted molar refractivity (Wildman–Crippen MR) is 44.8 cm³/mol. The number of aliphatic hydroxyl groups excluding tert-OH is 2. The van der Waals surface area contributed by atoms with Gasteiger partial charge in [-0.3, -0.25) is 0 Å². The number of carbonyl (C=O) groups is 1. The number of rotatable bonds is 2. The summed E-state index contributed by atoms with van der Waals surface area (Å²) in [5.41, 5.74) is 0. The van der Waals surface area contributed by atoms with Crippen LogP contribution in [0.2, 0.25) is 0 Å². The van der Waals surface area contributed by atoms with Crippen LogP contribution in [0.4, 0.5) is 0 Å². The number of carboxylic acid groups (broad SMARTS) is 1. The molecule has 0 aromatic rings. The fourth-order valence-electron chi connectivity index (χ4n) is 1.50. The van der Waals surface area contributed by atoms with Crippen molar-refractivity contribution in [3.05, 3.63) is 0 Å². The Kier molecular flexibility index (Phi) is 3.43. The summed E-state index contributed by atoms with van der Waals surface area (Å²) in [5, 5.41) is 27.7. The van der Waals surface area contributed by atoms with Crippen LogP contribution in [-0.4, -0.2) is 58.9 Å². The minimum Gasteiger partial charge on any atom is -0.479 e. The molecular weight excluding hydrogens is 192 g/mol. The highest BCUT2D eigenvalue weighted by molar-refractivity contribution is 5.73. The van der Waals surface area contributed by atoms with Gasteiger partial charge in [-0.05, 0) is 6.92 Å². The molecule has 1 rings (SSSR count). The molecule has 0 saturated carbocycles. The van der Waals surface area contributed by atoms with Crippen molar-refractivity contribution in [3.63, 3.8) is 0 Å². The van der Waals surface area contributed by atoms with Gasteiger partial charge in [0.05, 0.1) is 6.10 Å². The van der Waals surface area contributed by atoms with E-state index in [1.807, 2.05) is 0 Å². The summed E-state index contributed by atoms with van der Waals surface area (Å²) in [5.74, 6) is -1.21. The Morgan fingerprint density at radius 1 is 1.36 bits per heavy atom. The number of ether oxygens (including phenoxy) is 2. The number of aliphatic carboxylic acids is 1. The third-order valence-electron chi connectivity index (χ3n) is 2.34. The van der Waals surface area contributed by atoms with E-state index in [1.54, 1.807) is 0 Å². The third-order valence-corrected chi connectivity index (χ3v) is 2.34. The van der Waals surface area contributed by atoms with Crippen molar-refractivity contribution in [1.29, 1.82) is 0 Å². The average Bonchev–Trinajstić information content (AvgIpc) is 2.13. The van der Waals surface area contributed by atoms with E-state index in [0.29, 0.717) is 0 Å². The van der Waals surface area contributed by atoms with Crippen LogP contribution >= 0.6 is 0 Å². The largest absolute Gasteiger partial charge is 0.479 e. The fraction of sp³-hybridized carbons (Fsp3) is 0.875. The molecule has 0 bridgehead atoms. The van der Waals surface area contributed by atoms with E-state index in [9.17, 15) is 15.0 Å². The summed E-state index contributed by atoms with van der Waals surface area (Å²) in [4.78, 5) is 10.7. The van der Waals surface area contributed by atoms with Gasteiger partial charge in [0.15, 0.2) is 6.10 Å². The second-order valence-corrected chi connectivity index (χ2v) is 3.28. The van der Waals surface area contributed by atoms with Gasteiger partial charge in [0.2, 0.25) is 0 Å². The molecule has 82 valence electrons. The molecular formula is C8H14O6. The summed E-state index contributed by atoms with van der Waals surface area (Å²) in [6, 6.07) is 0. The maximum Gasteiger partial charge on any atom is 0.335 e. The van der Waals surface area contributed by atoms with Crippen molar-refractivity contribution in [3.8, 4) is 0 Å². The van der Waals surface area contributed by atoms with Crippen LogP contribution in [0.1, 0.15) is 6.92 Å². The Morgan fingerprint density at radius 2 is 1.93 bits per heavy atom. The maximum atomic E-state index is 10.7. The molecule has 1 fully saturated rings. The summed E-state index contributed by atoms with van der Waals surface area (Å²) < 4.78 is 9.78. The molecule has 1 saturated heterocycles. The van der Waals surface area contributed by atoms with Gasteiger partial charge in [0, 0.05) is 7.11 Å². The van der Waals surface area contributed by atoms with Gasteiger partial charge in [-0.1, -0.05) is 0 Å². The minimum absolute atomic E-state index is 0.725. The van der Waals surface area contributed by atoms with Crippen LogP contribution in [0.15, 0.2) is 0 Å². The van der Waals surface area contributed by atoms with Crippen LogP contribution in [0, 0.1) is 0 Å². The van der Waals surface area contributed by atoms with Gasteiger partial charge in [-0.15, -0.1) is 0 Å². The van der Waals surface area contributed by atoms with Crippen LogP contribution in [0.5, 0.6) is 0 Å². The molecule has 3 N–H and O–H groups in total. The van der Waals surface area contributed by atoms with Gasteiger partial charge in [0.25, 0.3) is 0 Å². The summed E-state index contributed by atoms with van der Waals surface area (Å²) >= 11 is 0. The molecule has 4 unspecified atom stereocenters. The number of carboxylic acids is 1. The van der Waals surface area contributed by atoms with E-state index < -0.39 is 36.5 Å². The lowest BCUT2D eigenvalue weighted by Crippen LogP contribution is -2.59. The molecule has 0 amide bonds. The zero-order chi connectivity index (χ0) is 10.9. The van der Waals surface area contributed by atoms with Crippen molar-refractivity contribution in [2.24, 2.45) is 0 Å². The van der Waals surface area contributed by atoms with Gasteiger partial charge in [-0.2, -0.15) is 0 Å². The Bertz CT molecular complexity index is 218. The Balaban J connectivity index is 2.82. The number of methoxy groups -OCH3 is 1. The van der Waals surface area contributed by atoms with E-state index in [2.05, 4.69) is 0 Å².